The van der Waals surface area contributed by atoms with E-state index in [1.807, 2.05) is 35.2 Å². The summed E-state index contributed by atoms with van der Waals surface area (Å²) in [6.45, 7) is 0.745. The van der Waals surface area contributed by atoms with Crippen LogP contribution in [0.4, 0.5) is 21.8 Å². The van der Waals surface area contributed by atoms with E-state index in [1.54, 1.807) is 18.3 Å². The molecule has 4 heterocycles. The number of pyridine rings is 1. The zero-order valence-electron chi connectivity index (χ0n) is 20.9. The molecule has 1 atom stereocenters. The fourth-order valence-corrected chi connectivity index (χ4v) is 5.21. The van der Waals surface area contributed by atoms with Crippen molar-refractivity contribution in [2.45, 2.75) is 50.8 Å². The highest BCUT2D eigenvalue weighted by molar-refractivity contribution is 5.96. The monoisotopic (exact) mass is 509 g/mol. The van der Waals surface area contributed by atoms with Crippen molar-refractivity contribution >= 4 is 39.5 Å². The van der Waals surface area contributed by atoms with E-state index < -0.39 is 0 Å². The van der Waals surface area contributed by atoms with Gasteiger partial charge >= 0.3 is 0 Å². The maximum Gasteiger partial charge on any atom is 0.231 e. The van der Waals surface area contributed by atoms with Crippen molar-refractivity contribution in [1.29, 1.82) is 0 Å². The van der Waals surface area contributed by atoms with E-state index >= 15 is 0 Å². The number of nitrogens with zero attached hydrogens (tertiary/aromatic N) is 5. The minimum Gasteiger partial charge on any atom is -0.365 e. The van der Waals surface area contributed by atoms with Gasteiger partial charge in [0.05, 0.1) is 11.8 Å². The molecule has 1 aliphatic heterocycles. The molecule has 2 N–H and O–H groups in total. The lowest BCUT2D eigenvalue weighted by atomic mass is 9.93. The lowest BCUT2D eigenvalue weighted by molar-refractivity contribution is -0.0298. The first-order valence-electron chi connectivity index (χ1n) is 13.3. The molecule has 0 amide bonds. The van der Waals surface area contributed by atoms with Gasteiger partial charge in [-0.2, -0.15) is 9.97 Å². The molecule has 0 bridgehead atoms. The van der Waals surface area contributed by atoms with Crippen LogP contribution in [0.15, 0.2) is 61.1 Å². The molecule has 0 spiro atoms. The molecule has 2 fully saturated rings. The predicted octanol–water partition coefficient (Wildman–Crippen LogP) is 6.59. The Morgan fingerprint density at radius 2 is 1.82 bits per heavy atom. The molecule has 192 valence electrons. The van der Waals surface area contributed by atoms with Crippen LogP contribution < -0.4 is 10.6 Å². The third-order valence-electron chi connectivity index (χ3n) is 7.49. The quantitative estimate of drug-likeness (QED) is 0.267. The second-order valence-electron chi connectivity index (χ2n) is 10.0. The Morgan fingerprint density at radius 1 is 0.921 bits per heavy atom. The van der Waals surface area contributed by atoms with Gasteiger partial charge in [-0.1, -0.05) is 12.1 Å². The van der Waals surface area contributed by atoms with E-state index in [4.69, 9.17) is 14.7 Å². The summed E-state index contributed by atoms with van der Waals surface area (Å²) >= 11 is 0. The van der Waals surface area contributed by atoms with Gasteiger partial charge in [-0.15, -0.1) is 0 Å². The summed E-state index contributed by atoms with van der Waals surface area (Å²) in [6.07, 6.45) is 10.1. The molecule has 0 radical (unpaired) electrons. The van der Waals surface area contributed by atoms with Gasteiger partial charge in [0.15, 0.2) is 17.0 Å². The average Bonchev–Trinajstić information content (AvgIpc) is 3.35. The second-order valence-corrected chi connectivity index (χ2v) is 10.0. The molecule has 1 saturated heterocycles. The minimum absolute atomic E-state index is 0.0712. The van der Waals surface area contributed by atoms with E-state index in [0.29, 0.717) is 12.0 Å². The van der Waals surface area contributed by atoms with Crippen LogP contribution in [0, 0.1) is 5.82 Å². The summed E-state index contributed by atoms with van der Waals surface area (Å²) in [5.41, 5.74) is 5.12. The van der Waals surface area contributed by atoms with E-state index in [-0.39, 0.29) is 12.0 Å². The highest BCUT2D eigenvalue weighted by atomic mass is 19.1. The Kier molecular flexibility index (Phi) is 5.85. The highest BCUT2D eigenvalue weighted by Crippen LogP contribution is 2.33. The zero-order valence-corrected chi connectivity index (χ0v) is 20.9. The molecular weight excluding hydrogens is 481 g/mol. The number of halogens is 1. The number of benzene rings is 2. The van der Waals surface area contributed by atoms with Gasteiger partial charge in [-0.25, -0.2) is 9.37 Å². The van der Waals surface area contributed by atoms with Crippen LogP contribution in [0.25, 0.3) is 33.2 Å². The zero-order chi connectivity index (χ0) is 25.5. The van der Waals surface area contributed by atoms with Crippen molar-refractivity contribution < 1.29 is 9.13 Å². The lowest BCUT2D eigenvalue weighted by Gasteiger charge is -2.27. The van der Waals surface area contributed by atoms with Crippen LogP contribution in [0.1, 0.15) is 44.8 Å². The molecule has 3 aromatic heterocycles. The van der Waals surface area contributed by atoms with E-state index in [2.05, 4.69) is 20.6 Å². The Labute approximate surface area is 219 Å². The molecule has 7 rings (SSSR count). The van der Waals surface area contributed by atoms with Crippen molar-refractivity contribution in [2.75, 3.05) is 17.2 Å². The first-order chi connectivity index (χ1) is 18.7. The number of hydrogen-bond donors (Lipinski definition) is 2. The van der Waals surface area contributed by atoms with Gasteiger partial charge in [0.25, 0.3) is 0 Å². The van der Waals surface area contributed by atoms with Crippen LogP contribution >= 0.6 is 0 Å². The van der Waals surface area contributed by atoms with Crippen molar-refractivity contribution in [3.8, 4) is 11.1 Å². The second kappa shape index (κ2) is 9.64. The van der Waals surface area contributed by atoms with Crippen molar-refractivity contribution in [3.63, 3.8) is 0 Å². The Balaban J connectivity index is 1.28. The molecule has 9 heteroatoms. The van der Waals surface area contributed by atoms with Gasteiger partial charge in [-0.05, 0) is 86.1 Å². The van der Waals surface area contributed by atoms with Crippen LogP contribution in [-0.2, 0) is 4.74 Å². The predicted molar refractivity (Wildman–Crippen MR) is 146 cm³/mol. The Bertz CT molecular complexity index is 1610. The number of imidazole rings is 1. The highest BCUT2D eigenvalue weighted by Gasteiger charge is 2.24. The third-order valence-corrected chi connectivity index (χ3v) is 7.49. The molecule has 2 aliphatic rings. The number of fused-ring (bicyclic) bond motifs is 2. The van der Waals surface area contributed by atoms with Crippen molar-refractivity contribution in [3.05, 3.63) is 66.9 Å². The number of aromatic nitrogens is 5. The largest absolute Gasteiger partial charge is 0.365 e. The first kappa shape index (κ1) is 23.0. The average molecular weight is 510 g/mol. The Hall–Kier alpha value is -4.11. The van der Waals surface area contributed by atoms with E-state index in [9.17, 15) is 4.39 Å². The SMILES string of the molecule is Fc1ccc(-c2ccnc3ccc(Nc4nc(NC5CCC5)c5ncn(C6CCCCO6)c5n4)cc23)cc1. The molecule has 38 heavy (non-hydrogen) atoms. The van der Waals surface area contributed by atoms with Gasteiger partial charge in [0, 0.05) is 29.9 Å². The topological polar surface area (TPSA) is 89.8 Å². The molecular formula is C29H28FN7O. The summed E-state index contributed by atoms with van der Waals surface area (Å²) < 4.78 is 21.6. The smallest absolute Gasteiger partial charge is 0.231 e. The third kappa shape index (κ3) is 4.32. The molecule has 2 aromatic carbocycles. The summed E-state index contributed by atoms with van der Waals surface area (Å²) in [4.78, 5) is 18.9. The number of anilines is 3. The molecule has 5 aromatic rings. The summed E-state index contributed by atoms with van der Waals surface area (Å²) in [6, 6.07) is 14.9. The van der Waals surface area contributed by atoms with E-state index in [0.717, 1.165) is 83.4 Å². The summed E-state index contributed by atoms with van der Waals surface area (Å²) in [5.74, 6) is 0.973. The maximum atomic E-state index is 13.5. The van der Waals surface area contributed by atoms with Crippen LogP contribution in [0.2, 0.25) is 0 Å². The molecule has 1 aliphatic carbocycles. The number of ether oxygens (including phenoxy) is 1. The maximum absolute atomic E-state index is 13.5. The van der Waals surface area contributed by atoms with Gasteiger partial charge in [0.1, 0.15) is 12.0 Å². The normalized spacial score (nSPS) is 18.0. The van der Waals surface area contributed by atoms with Crippen molar-refractivity contribution in [1.82, 2.24) is 24.5 Å². The summed E-state index contributed by atoms with van der Waals surface area (Å²) in [5, 5.41) is 7.95. The fourth-order valence-electron chi connectivity index (χ4n) is 5.21. The number of nitrogens with one attached hydrogen (secondary N) is 2. The fraction of sp³-hybridized carbons (Fsp3) is 0.310. The van der Waals surface area contributed by atoms with Crippen molar-refractivity contribution in [2.24, 2.45) is 0 Å². The standard InChI is InChI=1S/C29H28FN7O/c30-19-9-7-18(8-10-19)22-13-14-31-24-12-11-21(16-23(22)24)34-29-35-27(33-20-4-3-5-20)26-28(36-29)37(17-32-26)25-6-1-2-15-38-25/h7-14,16-17,20,25H,1-6,15H2,(H2,33,34,35,36). The van der Waals surface area contributed by atoms with Crippen LogP contribution in [0.5, 0.6) is 0 Å². The molecule has 1 saturated carbocycles. The summed E-state index contributed by atoms with van der Waals surface area (Å²) in [7, 11) is 0. The van der Waals surface area contributed by atoms with Crippen LogP contribution in [0.3, 0.4) is 0 Å². The molecule has 1 unspecified atom stereocenters. The number of rotatable bonds is 6. The van der Waals surface area contributed by atoms with Gasteiger partial charge in [-0.3, -0.25) is 9.55 Å². The van der Waals surface area contributed by atoms with Crippen LogP contribution in [-0.4, -0.2) is 37.2 Å². The lowest BCUT2D eigenvalue weighted by Crippen LogP contribution is -2.27. The van der Waals surface area contributed by atoms with E-state index in [1.165, 1.54) is 18.6 Å². The minimum atomic E-state index is -0.258. The molecule has 8 nitrogen and oxygen atoms in total. The first-order valence-corrected chi connectivity index (χ1v) is 13.3. The number of hydrogen-bond acceptors (Lipinski definition) is 7. The van der Waals surface area contributed by atoms with Gasteiger partial charge in [0.2, 0.25) is 5.95 Å². The van der Waals surface area contributed by atoms with Gasteiger partial charge < -0.3 is 15.4 Å². The Morgan fingerprint density at radius 3 is 2.61 bits per heavy atom.